The predicted molar refractivity (Wildman–Crippen MR) is 61.7 cm³/mol. The lowest BCUT2D eigenvalue weighted by Gasteiger charge is -2.30. The number of likely N-dealkylation sites (N-methyl/N-ethyl adjacent to an activating group) is 2. The molecule has 1 rings (SSSR count). The first-order chi connectivity index (χ1) is 6.52. The summed E-state index contributed by atoms with van der Waals surface area (Å²) in [6, 6.07) is 0. The van der Waals surface area contributed by atoms with E-state index in [-0.39, 0.29) is 0 Å². The molecule has 1 heterocycles. The summed E-state index contributed by atoms with van der Waals surface area (Å²) in [5.41, 5.74) is 0.362. The average molecular weight is 199 g/mol. The Morgan fingerprint density at radius 2 is 1.93 bits per heavy atom. The molecule has 0 aliphatic carbocycles. The summed E-state index contributed by atoms with van der Waals surface area (Å²) in [7, 11) is 6.47. The molecule has 1 saturated heterocycles. The maximum atomic E-state index is 3.60. The molecule has 1 unspecified atom stereocenters. The van der Waals surface area contributed by atoms with Crippen molar-refractivity contribution >= 4 is 0 Å². The summed E-state index contributed by atoms with van der Waals surface area (Å²) in [6.07, 6.45) is 2.65. The van der Waals surface area contributed by atoms with E-state index in [0.29, 0.717) is 5.54 Å². The van der Waals surface area contributed by atoms with Crippen LogP contribution in [-0.2, 0) is 0 Å². The van der Waals surface area contributed by atoms with Crippen molar-refractivity contribution < 1.29 is 0 Å². The fourth-order valence-electron chi connectivity index (χ4n) is 2.14. The van der Waals surface area contributed by atoms with Crippen LogP contribution in [0.4, 0.5) is 0 Å². The molecule has 0 saturated carbocycles. The Bertz CT molecular complexity index is 162. The zero-order valence-electron chi connectivity index (χ0n) is 10.1. The van der Waals surface area contributed by atoms with E-state index in [2.05, 4.69) is 43.2 Å². The van der Waals surface area contributed by atoms with Crippen molar-refractivity contribution in [2.45, 2.75) is 25.3 Å². The van der Waals surface area contributed by atoms with E-state index < -0.39 is 0 Å². The van der Waals surface area contributed by atoms with Crippen LogP contribution in [0.1, 0.15) is 19.8 Å². The van der Waals surface area contributed by atoms with Crippen molar-refractivity contribution in [3.63, 3.8) is 0 Å². The van der Waals surface area contributed by atoms with Gasteiger partial charge in [0.05, 0.1) is 0 Å². The van der Waals surface area contributed by atoms with Gasteiger partial charge in [0.1, 0.15) is 0 Å². The topological polar surface area (TPSA) is 18.5 Å². The van der Waals surface area contributed by atoms with E-state index in [1.54, 1.807) is 0 Å². The fraction of sp³-hybridized carbons (Fsp3) is 1.00. The molecular formula is C11H25N3. The van der Waals surface area contributed by atoms with Gasteiger partial charge in [0.2, 0.25) is 0 Å². The second-order valence-corrected chi connectivity index (χ2v) is 5.13. The summed E-state index contributed by atoms with van der Waals surface area (Å²) >= 11 is 0. The second-order valence-electron chi connectivity index (χ2n) is 5.13. The molecule has 14 heavy (non-hydrogen) atoms. The van der Waals surface area contributed by atoms with Crippen LogP contribution < -0.4 is 5.32 Å². The van der Waals surface area contributed by atoms with Gasteiger partial charge in [-0.2, -0.15) is 0 Å². The van der Waals surface area contributed by atoms with Crippen molar-refractivity contribution in [1.82, 2.24) is 15.1 Å². The molecule has 0 spiro atoms. The predicted octanol–water partition coefficient (Wildman–Crippen LogP) is 0.622. The molecule has 84 valence electrons. The van der Waals surface area contributed by atoms with Gasteiger partial charge in [0.25, 0.3) is 0 Å². The van der Waals surface area contributed by atoms with Crippen molar-refractivity contribution in [1.29, 1.82) is 0 Å². The molecule has 1 N–H and O–H groups in total. The van der Waals surface area contributed by atoms with Crippen LogP contribution in [0, 0.1) is 0 Å². The van der Waals surface area contributed by atoms with Crippen molar-refractivity contribution in [3.05, 3.63) is 0 Å². The van der Waals surface area contributed by atoms with Crippen molar-refractivity contribution in [3.8, 4) is 0 Å². The highest BCUT2D eigenvalue weighted by atomic mass is 15.2. The van der Waals surface area contributed by atoms with Gasteiger partial charge in [-0.05, 0) is 47.5 Å². The van der Waals surface area contributed by atoms with E-state index in [1.165, 1.54) is 25.9 Å². The zero-order valence-corrected chi connectivity index (χ0v) is 10.1. The third kappa shape index (κ3) is 3.95. The van der Waals surface area contributed by atoms with Gasteiger partial charge in [-0.3, -0.25) is 0 Å². The second kappa shape index (κ2) is 5.10. The minimum Gasteiger partial charge on any atom is -0.310 e. The molecule has 1 aliphatic rings. The van der Waals surface area contributed by atoms with Crippen LogP contribution in [0.3, 0.4) is 0 Å². The highest BCUT2D eigenvalue weighted by molar-refractivity contribution is 4.90. The lowest BCUT2D eigenvalue weighted by atomic mass is 10.00. The molecule has 1 fully saturated rings. The lowest BCUT2D eigenvalue weighted by molar-refractivity contribution is 0.220. The van der Waals surface area contributed by atoms with E-state index in [4.69, 9.17) is 0 Å². The van der Waals surface area contributed by atoms with E-state index in [9.17, 15) is 0 Å². The lowest BCUT2D eigenvalue weighted by Crippen LogP contribution is -2.47. The van der Waals surface area contributed by atoms with Crippen LogP contribution in [0.15, 0.2) is 0 Å². The minimum atomic E-state index is 0.362. The van der Waals surface area contributed by atoms with Gasteiger partial charge in [-0.25, -0.2) is 0 Å². The summed E-state index contributed by atoms with van der Waals surface area (Å²) in [4.78, 5) is 4.67. The number of hydrogen-bond donors (Lipinski definition) is 1. The molecule has 0 radical (unpaired) electrons. The van der Waals surface area contributed by atoms with Crippen LogP contribution >= 0.6 is 0 Å². The van der Waals surface area contributed by atoms with Gasteiger partial charge < -0.3 is 15.1 Å². The van der Waals surface area contributed by atoms with E-state index in [0.717, 1.165) is 13.1 Å². The standard InChI is InChI=1S/C11H25N3/c1-11(6-5-7-12-11)10-14(4)9-8-13(2)3/h12H,5-10H2,1-4H3. The molecule has 1 aliphatic heterocycles. The molecule has 0 aromatic heterocycles. The van der Waals surface area contributed by atoms with Crippen LogP contribution in [0.25, 0.3) is 0 Å². The zero-order chi connectivity index (χ0) is 10.6. The Hall–Kier alpha value is -0.120. The van der Waals surface area contributed by atoms with Crippen molar-refractivity contribution in [2.75, 3.05) is 47.3 Å². The molecule has 0 bridgehead atoms. The summed E-state index contributed by atoms with van der Waals surface area (Å²) in [6.45, 7) is 7.00. The van der Waals surface area contributed by atoms with Crippen LogP contribution in [0.2, 0.25) is 0 Å². The molecule has 0 amide bonds. The molecule has 0 aromatic rings. The monoisotopic (exact) mass is 199 g/mol. The fourth-order valence-corrected chi connectivity index (χ4v) is 2.14. The Morgan fingerprint density at radius 1 is 1.21 bits per heavy atom. The number of hydrogen-bond acceptors (Lipinski definition) is 3. The van der Waals surface area contributed by atoms with Crippen molar-refractivity contribution in [2.24, 2.45) is 0 Å². The number of rotatable bonds is 5. The number of nitrogens with zero attached hydrogens (tertiary/aromatic N) is 2. The summed E-state index contributed by atoms with van der Waals surface area (Å²) in [5, 5.41) is 3.60. The third-order valence-corrected chi connectivity index (χ3v) is 3.00. The first-order valence-corrected chi connectivity index (χ1v) is 5.60. The van der Waals surface area contributed by atoms with Gasteiger partial charge in [-0.15, -0.1) is 0 Å². The Kier molecular flexibility index (Phi) is 4.35. The molecule has 0 aromatic carbocycles. The summed E-state index contributed by atoms with van der Waals surface area (Å²) < 4.78 is 0. The average Bonchev–Trinajstić information content (AvgIpc) is 2.48. The smallest absolute Gasteiger partial charge is 0.0280 e. The third-order valence-electron chi connectivity index (χ3n) is 3.00. The molecular weight excluding hydrogens is 174 g/mol. The highest BCUT2D eigenvalue weighted by Crippen LogP contribution is 2.18. The Labute approximate surface area is 88.5 Å². The maximum absolute atomic E-state index is 3.60. The van der Waals surface area contributed by atoms with E-state index >= 15 is 0 Å². The Morgan fingerprint density at radius 3 is 2.43 bits per heavy atom. The maximum Gasteiger partial charge on any atom is 0.0280 e. The quantitative estimate of drug-likeness (QED) is 0.700. The highest BCUT2D eigenvalue weighted by Gasteiger charge is 2.28. The first kappa shape index (κ1) is 12.0. The van der Waals surface area contributed by atoms with Gasteiger partial charge >= 0.3 is 0 Å². The first-order valence-electron chi connectivity index (χ1n) is 5.60. The van der Waals surface area contributed by atoms with Crippen LogP contribution in [-0.4, -0.2) is 62.7 Å². The molecule has 3 heteroatoms. The van der Waals surface area contributed by atoms with Crippen LogP contribution in [0.5, 0.6) is 0 Å². The van der Waals surface area contributed by atoms with Gasteiger partial charge in [0.15, 0.2) is 0 Å². The Balaban J connectivity index is 2.21. The molecule has 3 nitrogen and oxygen atoms in total. The SMILES string of the molecule is CN(C)CCN(C)CC1(C)CCCN1. The normalized spacial score (nSPS) is 27.9. The number of nitrogens with one attached hydrogen (secondary N) is 1. The minimum absolute atomic E-state index is 0.362. The molecule has 1 atom stereocenters. The van der Waals surface area contributed by atoms with Gasteiger partial charge in [-0.1, -0.05) is 0 Å². The van der Waals surface area contributed by atoms with Gasteiger partial charge in [0, 0.05) is 25.2 Å². The van der Waals surface area contributed by atoms with E-state index in [1.807, 2.05) is 0 Å². The summed E-state index contributed by atoms with van der Waals surface area (Å²) in [5.74, 6) is 0. The largest absolute Gasteiger partial charge is 0.310 e.